The summed E-state index contributed by atoms with van der Waals surface area (Å²) in [5, 5.41) is 170. The summed E-state index contributed by atoms with van der Waals surface area (Å²) in [7, 11) is 2.18. The van der Waals surface area contributed by atoms with Crippen molar-refractivity contribution in [3.05, 3.63) is 0 Å². The lowest BCUT2D eigenvalue weighted by molar-refractivity contribution is -0.379. The molecule has 18 N–H and O–H groups in total. The van der Waals surface area contributed by atoms with Crippen LogP contribution in [0.3, 0.4) is 0 Å². The van der Waals surface area contributed by atoms with Gasteiger partial charge in [0.25, 0.3) is 0 Å². The molecule has 6 aliphatic rings. The second kappa shape index (κ2) is 28.1. The Morgan fingerprint density at radius 2 is 0.605 bits per heavy atom. The number of nitrogens with one attached hydrogen (secondary N) is 3. The maximum Gasteiger partial charge on any atom is 0.335 e. The van der Waals surface area contributed by atoms with E-state index in [1.165, 1.54) is 0 Å². The summed E-state index contributed by atoms with van der Waals surface area (Å²) < 4.78 is 72.1. The van der Waals surface area contributed by atoms with Gasteiger partial charge in [0.1, 0.15) is 128 Å². The van der Waals surface area contributed by atoms with Gasteiger partial charge in [0.15, 0.2) is 56.1 Å². The van der Waals surface area contributed by atoms with E-state index in [4.69, 9.17) is 61.6 Å². The zero-order chi connectivity index (χ0) is 60.2. The van der Waals surface area contributed by atoms with Crippen LogP contribution < -0.4 is 16.0 Å². The molecule has 37 nitrogen and oxygen atoms in total. The van der Waals surface area contributed by atoms with E-state index in [1.807, 2.05) is 0 Å². The zero-order valence-corrected chi connectivity index (χ0v) is 43.4. The van der Waals surface area contributed by atoms with E-state index in [0.717, 1.165) is 35.0 Å². The predicted molar refractivity (Wildman–Crippen MR) is 245 cm³/mol. The van der Waals surface area contributed by atoms with Gasteiger partial charge in [0.05, 0.1) is 19.8 Å². The van der Waals surface area contributed by atoms with Gasteiger partial charge in [-0.05, 0) is 0 Å². The molecule has 0 aromatic carbocycles. The molecular formula is C44H69N3O34. The lowest BCUT2D eigenvalue weighted by Gasteiger charge is -2.50. The van der Waals surface area contributed by atoms with Crippen LogP contribution in [0, 0.1) is 0 Å². The van der Waals surface area contributed by atoms with Crippen LogP contribution in [0.5, 0.6) is 0 Å². The van der Waals surface area contributed by atoms with Crippen molar-refractivity contribution in [1.82, 2.24) is 16.0 Å². The highest BCUT2D eigenvalue weighted by Gasteiger charge is 2.60. The summed E-state index contributed by atoms with van der Waals surface area (Å²) in [6.45, 7) is -0.183. The number of ether oxygens (including phenoxy) is 13. The number of aliphatic carboxylic acids is 3. The number of amides is 3. The van der Waals surface area contributed by atoms with Crippen molar-refractivity contribution in [3.8, 4) is 0 Å². The lowest BCUT2D eigenvalue weighted by atomic mass is 9.93. The predicted octanol–water partition coefficient (Wildman–Crippen LogP) is -12.1. The first-order valence-electron chi connectivity index (χ1n) is 24.8. The average Bonchev–Trinajstić information content (AvgIpc) is 3.58. The molecule has 0 spiro atoms. The minimum absolute atomic E-state index is 0.667. The summed E-state index contributed by atoms with van der Waals surface area (Å²) in [6, 6.07) is -5.17. The number of hydrogen-bond acceptors (Lipinski definition) is 31. The van der Waals surface area contributed by atoms with Gasteiger partial charge in [-0.25, -0.2) is 14.4 Å². The molecule has 6 heterocycles. The summed E-state index contributed by atoms with van der Waals surface area (Å²) >= 11 is 0. The number of carboxylic acids is 3. The minimum Gasteiger partial charge on any atom is -0.479 e. The molecule has 0 aliphatic carbocycles. The van der Waals surface area contributed by atoms with Crippen LogP contribution >= 0.6 is 0 Å². The molecule has 0 aromatic heterocycles. The average molecular weight is 1180 g/mol. The van der Waals surface area contributed by atoms with E-state index in [0.29, 0.717) is 0 Å². The topological polar surface area (TPSA) is 562 Å². The highest BCUT2D eigenvalue weighted by Crippen LogP contribution is 2.37. The molecular weight excluding hydrogens is 1110 g/mol. The van der Waals surface area contributed by atoms with E-state index < -0.39 is 239 Å². The van der Waals surface area contributed by atoms with E-state index in [1.54, 1.807) is 0 Å². The Kier molecular flexibility index (Phi) is 22.9. The molecule has 6 rings (SSSR count). The maximum absolute atomic E-state index is 12.8. The van der Waals surface area contributed by atoms with Crippen LogP contribution in [-0.2, 0) is 90.3 Å². The fraction of sp³-hybridized carbons (Fsp3) is 0.864. The van der Waals surface area contributed by atoms with Crippen LogP contribution in [-0.4, -0.2) is 330 Å². The number of carbonyl (C=O) groups excluding carboxylic acids is 3. The fourth-order valence-electron chi connectivity index (χ4n) is 10.1. The van der Waals surface area contributed by atoms with E-state index >= 15 is 0 Å². The van der Waals surface area contributed by atoms with Gasteiger partial charge < -0.3 is 154 Å². The third-order valence-electron chi connectivity index (χ3n) is 14.0. The Bertz CT molecular complexity index is 2150. The van der Waals surface area contributed by atoms with Crippen LogP contribution in [0.4, 0.5) is 0 Å². The third kappa shape index (κ3) is 14.3. The maximum atomic E-state index is 12.8. The molecule has 37 heteroatoms. The summed E-state index contributed by atoms with van der Waals surface area (Å²) in [6.07, 6.45) is -55.5. The Balaban J connectivity index is 1.18. The molecule has 6 aliphatic heterocycles. The van der Waals surface area contributed by atoms with Crippen LogP contribution in [0.2, 0.25) is 0 Å². The first-order valence-corrected chi connectivity index (χ1v) is 24.8. The second-order valence-electron chi connectivity index (χ2n) is 19.5. The van der Waals surface area contributed by atoms with Crippen molar-refractivity contribution in [2.75, 3.05) is 34.0 Å². The number of methoxy groups -OCH3 is 2. The lowest BCUT2D eigenvalue weighted by Crippen LogP contribution is -2.71. The largest absolute Gasteiger partial charge is 0.479 e. The highest BCUT2D eigenvalue weighted by molar-refractivity contribution is 5.75. The molecule has 464 valence electrons. The number of rotatable bonds is 21. The number of aliphatic hydroxyl groups is 12. The van der Waals surface area contributed by atoms with Gasteiger partial charge in [-0.1, -0.05) is 0 Å². The van der Waals surface area contributed by atoms with Gasteiger partial charge in [-0.2, -0.15) is 0 Å². The minimum atomic E-state index is -2.44. The van der Waals surface area contributed by atoms with Gasteiger partial charge >= 0.3 is 17.9 Å². The zero-order valence-electron chi connectivity index (χ0n) is 43.4. The van der Waals surface area contributed by atoms with E-state index in [-0.39, 0.29) is 0 Å². The Morgan fingerprint density at radius 3 is 0.864 bits per heavy atom. The van der Waals surface area contributed by atoms with Gasteiger partial charge in [-0.3, -0.25) is 14.4 Å². The van der Waals surface area contributed by atoms with Crippen molar-refractivity contribution in [2.24, 2.45) is 0 Å². The quantitative estimate of drug-likeness (QED) is 0.0507. The summed E-state index contributed by atoms with van der Waals surface area (Å²) in [5.74, 6) is -8.05. The number of aliphatic hydroxyl groups excluding tert-OH is 12. The first kappa shape index (κ1) is 66.0. The Labute approximate surface area is 456 Å². The third-order valence-corrected chi connectivity index (χ3v) is 14.0. The Hall–Kier alpha value is -4.18. The molecule has 30 unspecified atom stereocenters. The molecule has 0 radical (unpaired) electrons. The van der Waals surface area contributed by atoms with Gasteiger partial charge in [0, 0.05) is 35.0 Å². The molecule has 81 heavy (non-hydrogen) atoms. The van der Waals surface area contributed by atoms with Crippen molar-refractivity contribution < 1.29 is 167 Å². The van der Waals surface area contributed by atoms with E-state index in [2.05, 4.69) is 16.0 Å². The molecule has 30 atom stereocenters. The second-order valence-corrected chi connectivity index (χ2v) is 19.5. The highest BCUT2D eigenvalue weighted by atomic mass is 16.8. The number of carbonyl (C=O) groups is 6. The molecule has 0 saturated carbocycles. The van der Waals surface area contributed by atoms with Crippen molar-refractivity contribution >= 4 is 35.6 Å². The van der Waals surface area contributed by atoms with Crippen molar-refractivity contribution in [2.45, 2.75) is 205 Å². The molecule has 0 bridgehead atoms. The molecule has 0 aromatic rings. The fourth-order valence-corrected chi connectivity index (χ4v) is 10.1. The van der Waals surface area contributed by atoms with Crippen molar-refractivity contribution in [1.29, 1.82) is 0 Å². The smallest absolute Gasteiger partial charge is 0.335 e. The number of carboxylic acid groups (broad SMARTS) is 3. The van der Waals surface area contributed by atoms with Crippen LogP contribution in [0.25, 0.3) is 0 Å². The first-order chi connectivity index (χ1) is 38.1. The normalized spacial score (nSPS) is 45.7. The van der Waals surface area contributed by atoms with Gasteiger partial charge in [0.2, 0.25) is 17.7 Å². The van der Waals surface area contributed by atoms with Gasteiger partial charge in [-0.15, -0.1) is 0 Å². The molecule has 6 fully saturated rings. The molecule has 3 amide bonds. The van der Waals surface area contributed by atoms with Crippen molar-refractivity contribution in [3.63, 3.8) is 0 Å². The van der Waals surface area contributed by atoms with Crippen LogP contribution in [0.15, 0.2) is 0 Å². The van der Waals surface area contributed by atoms with E-state index in [9.17, 15) is 105 Å². The molecule has 6 saturated heterocycles. The summed E-state index contributed by atoms with van der Waals surface area (Å²) in [5.41, 5.74) is 0. The Morgan fingerprint density at radius 1 is 0.346 bits per heavy atom. The standard InChI is InChI=1S/C44H69N3O34/c1-9(51)45-15-18(54)27(12(6-48)71-39(15)70-5)74-43-25(61)22(58)31(34(80-43)37(65)66)77-41-17(47-11(3)53)20(56)29(14(8-50)73-41)76-44-26(62)23(59)32(35(81-44)38(67)68)78-40-16(46-10(2)52)19(55)28(13(7-49)72-40)75-42-24(60)21(57)30(69-4)33(79-42)36(63)64/h12-35,39-44,48-50,54-62H,6-8H2,1-5H3,(H,45,51)(H,46,52)(H,47,53)(H,63,64)(H,65,66)(H,67,68). The van der Waals surface area contributed by atoms with Crippen LogP contribution in [0.1, 0.15) is 20.8 Å². The monoisotopic (exact) mass is 1180 g/mol. The summed E-state index contributed by atoms with van der Waals surface area (Å²) in [4.78, 5) is 74.4. The number of hydrogen-bond donors (Lipinski definition) is 18. The SMILES string of the molecule is COC1OC(CO)C(OC2OC(C(=O)O)C(OC3OC(CO)C(OC4OC(C(=O)O)C(OC5OC(CO)C(OC6OC(C(=O)O)C(OC)C(O)C6O)C(O)C5NC(C)=O)C(O)C4O)C(O)C3NC(C)=O)C(O)C2O)C(O)C1NC(C)=O.